The first kappa shape index (κ1) is 32.0. The average Bonchev–Trinajstić information content (AvgIpc) is 3.77. The first-order chi connectivity index (χ1) is 19.7. The third-order valence-electron chi connectivity index (χ3n) is 9.58. The van der Waals surface area contributed by atoms with E-state index in [-0.39, 0.29) is 29.1 Å². The Hall–Kier alpha value is -2.91. The van der Waals surface area contributed by atoms with Crippen LogP contribution < -0.4 is 16.0 Å². The van der Waals surface area contributed by atoms with Gasteiger partial charge in [0.2, 0.25) is 17.6 Å². The van der Waals surface area contributed by atoms with Crippen molar-refractivity contribution in [2.45, 2.75) is 116 Å². The van der Waals surface area contributed by atoms with Crippen molar-refractivity contribution in [2.75, 3.05) is 13.1 Å². The highest BCUT2D eigenvalue weighted by atomic mass is 16.6. The number of hydrogen-bond donors (Lipinski definition) is 3. The second-order valence-corrected chi connectivity index (χ2v) is 14.3. The number of piperidine rings is 1. The lowest BCUT2D eigenvalue weighted by molar-refractivity contribution is -0.145. The van der Waals surface area contributed by atoms with Gasteiger partial charge in [-0.25, -0.2) is 4.79 Å². The van der Waals surface area contributed by atoms with Crippen molar-refractivity contribution in [2.24, 2.45) is 29.1 Å². The van der Waals surface area contributed by atoms with E-state index in [4.69, 9.17) is 4.74 Å². The summed E-state index contributed by atoms with van der Waals surface area (Å²) in [5.74, 6) is -1.73. The molecule has 0 aromatic heterocycles. The van der Waals surface area contributed by atoms with Crippen LogP contribution in [0.25, 0.3) is 0 Å². The van der Waals surface area contributed by atoms with Crippen LogP contribution in [0.3, 0.4) is 0 Å². The van der Waals surface area contributed by atoms with Gasteiger partial charge in [-0.1, -0.05) is 52.0 Å². The van der Waals surface area contributed by atoms with Crippen molar-refractivity contribution in [3.05, 3.63) is 12.7 Å². The summed E-state index contributed by atoms with van der Waals surface area (Å²) in [6, 6.07) is -2.52. The molecule has 0 bridgehead atoms. The highest BCUT2D eigenvalue weighted by Crippen LogP contribution is 2.65. The molecule has 1 aliphatic heterocycles. The lowest BCUT2D eigenvalue weighted by atomic mass is 9.83. The summed E-state index contributed by atoms with van der Waals surface area (Å²) in [4.78, 5) is 68.4. The zero-order chi connectivity index (χ0) is 30.8. The molecular weight excluding hydrogens is 536 g/mol. The maximum Gasteiger partial charge on any atom is 0.408 e. The van der Waals surface area contributed by atoms with E-state index in [2.05, 4.69) is 36.4 Å². The normalized spacial score (nSPS) is 26.3. The van der Waals surface area contributed by atoms with Gasteiger partial charge in [-0.05, 0) is 75.5 Å². The van der Waals surface area contributed by atoms with Gasteiger partial charge in [-0.2, -0.15) is 0 Å². The fraction of sp³-hybridized carbons (Fsp3) is 0.781. The highest BCUT2D eigenvalue weighted by molar-refractivity contribution is 6.38. The van der Waals surface area contributed by atoms with Gasteiger partial charge in [-0.15, -0.1) is 6.58 Å². The molecule has 4 rings (SSSR count). The molecular formula is C32H50N4O6. The number of nitrogens with zero attached hydrogens (tertiary/aromatic N) is 1. The topological polar surface area (TPSA) is 134 Å². The Labute approximate surface area is 250 Å². The Morgan fingerprint density at radius 2 is 1.69 bits per heavy atom. The van der Waals surface area contributed by atoms with Crippen LogP contribution in [0.2, 0.25) is 0 Å². The second-order valence-electron chi connectivity index (χ2n) is 14.3. The van der Waals surface area contributed by atoms with Crippen molar-refractivity contribution >= 4 is 29.6 Å². The van der Waals surface area contributed by atoms with Crippen molar-refractivity contribution < 1.29 is 28.7 Å². The third-order valence-corrected chi connectivity index (χ3v) is 9.58. The van der Waals surface area contributed by atoms with Gasteiger partial charge < -0.3 is 25.6 Å². The van der Waals surface area contributed by atoms with E-state index in [1.165, 1.54) is 0 Å². The third kappa shape index (κ3) is 7.53. The van der Waals surface area contributed by atoms with Crippen molar-refractivity contribution in [3.63, 3.8) is 0 Å². The van der Waals surface area contributed by atoms with Gasteiger partial charge in [0.25, 0.3) is 5.91 Å². The number of likely N-dealkylation sites (tertiary alicyclic amines) is 1. The quantitative estimate of drug-likeness (QED) is 0.182. The molecule has 234 valence electrons. The van der Waals surface area contributed by atoms with Crippen LogP contribution >= 0.6 is 0 Å². The predicted octanol–water partition coefficient (Wildman–Crippen LogP) is 3.49. The summed E-state index contributed by atoms with van der Waals surface area (Å²) >= 11 is 0. The van der Waals surface area contributed by atoms with Crippen LogP contribution in [-0.4, -0.2) is 71.3 Å². The van der Waals surface area contributed by atoms with Crippen LogP contribution in [-0.2, 0) is 23.9 Å². The minimum absolute atomic E-state index is 0.0455. The van der Waals surface area contributed by atoms with E-state index >= 15 is 0 Å². The standard InChI is InChI=1S/C32H50N4O6/c1-7-8-16-33-28(39)26(37)22(17-19-14-15-19)34-27(38)25-23-21(32(23,5)6)18-36(25)29(40)24(20-12-10-9-11-13-20)35-30(41)42-31(2,3)4/h7,19-25H,1,8-18H2,2-6H3,(H,33,39)(H,34,38)(H,35,41)/t21?,22?,23-,24-,25-/m0/s1. The van der Waals surface area contributed by atoms with Crippen LogP contribution in [0, 0.1) is 29.1 Å². The number of amides is 4. The number of ether oxygens (including phenoxy) is 1. The van der Waals surface area contributed by atoms with Gasteiger partial charge >= 0.3 is 6.09 Å². The molecule has 3 N–H and O–H groups in total. The molecule has 10 nitrogen and oxygen atoms in total. The first-order valence-electron chi connectivity index (χ1n) is 15.8. The summed E-state index contributed by atoms with van der Waals surface area (Å²) < 4.78 is 5.51. The van der Waals surface area contributed by atoms with Crippen LogP contribution in [0.1, 0.15) is 92.4 Å². The molecule has 42 heavy (non-hydrogen) atoms. The van der Waals surface area contributed by atoms with Crippen molar-refractivity contribution in [1.29, 1.82) is 0 Å². The fourth-order valence-electron chi connectivity index (χ4n) is 6.98. The minimum atomic E-state index is -0.944. The molecule has 3 saturated carbocycles. The van der Waals surface area contributed by atoms with E-state index in [1.54, 1.807) is 31.7 Å². The number of hydrogen-bond acceptors (Lipinski definition) is 6. The minimum Gasteiger partial charge on any atom is -0.444 e. The van der Waals surface area contributed by atoms with Crippen LogP contribution in [0.4, 0.5) is 4.79 Å². The zero-order valence-corrected chi connectivity index (χ0v) is 26.0. The number of fused-ring (bicyclic) bond motifs is 1. The number of Topliss-reactive ketones (excluding diaryl/α,β-unsaturated/α-hetero) is 1. The molecule has 0 aromatic carbocycles. The molecule has 0 radical (unpaired) electrons. The monoisotopic (exact) mass is 586 g/mol. The van der Waals surface area contributed by atoms with Crippen LogP contribution in [0.15, 0.2) is 12.7 Å². The Morgan fingerprint density at radius 3 is 2.29 bits per heavy atom. The lowest BCUT2D eigenvalue weighted by Gasteiger charge is -2.37. The Kier molecular flexibility index (Phi) is 9.72. The molecule has 4 amide bonds. The molecule has 1 heterocycles. The molecule has 3 aliphatic carbocycles. The van der Waals surface area contributed by atoms with Gasteiger partial charge in [0.15, 0.2) is 0 Å². The Balaban J connectivity index is 1.53. The predicted molar refractivity (Wildman–Crippen MR) is 158 cm³/mol. The summed E-state index contributed by atoms with van der Waals surface area (Å²) in [6.07, 6.45) is 8.56. The summed E-state index contributed by atoms with van der Waals surface area (Å²) in [5.41, 5.74) is -0.844. The van der Waals surface area contributed by atoms with E-state index in [9.17, 15) is 24.0 Å². The molecule has 1 saturated heterocycles. The van der Waals surface area contributed by atoms with Gasteiger partial charge in [0.05, 0.1) is 6.04 Å². The highest BCUT2D eigenvalue weighted by Gasteiger charge is 2.69. The smallest absolute Gasteiger partial charge is 0.408 e. The summed E-state index contributed by atoms with van der Waals surface area (Å²) in [6.45, 7) is 13.9. The maximum atomic E-state index is 14.2. The lowest BCUT2D eigenvalue weighted by Crippen LogP contribution is -2.60. The van der Waals surface area contributed by atoms with Crippen LogP contribution in [0.5, 0.6) is 0 Å². The Morgan fingerprint density at radius 1 is 1.02 bits per heavy atom. The summed E-state index contributed by atoms with van der Waals surface area (Å²) in [5, 5.41) is 8.38. The van der Waals surface area contributed by atoms with Crippen molar-refractivity contribution in [1.82, 2.24) is 20.9 Å². The summed E-state index contributed by atoms with van der Waals surface area (Å²) in [7, 11) is 0. The molecule has 0 aromatic rings. The number of ketones is 1. The van der Waals surface area contributed by atoms with Gasteiger partial charge in [-0.3, -0.25) is 19.2 Å². The molecule has 5 atom stereocenters. The molecule has 4 aliphatic rings. The molecule has 10 heteroatoms. The fourth-order valence-corrected chi connectivity index (χ4v) is 6.98. The maximum absolute atomic E-state index is 14.2. The van der Waals surface area contributed by atoms with E-state index in [0.717, 1.165) is 44.9 Å². The van der Waals surface area contributed by atoms with Gasteiger partial charge in [0, 0.05) is 13.1 Å². The first-order valence-corrected chi connectivity index (χ1v) is 15.8. The average molecular weight is 587 g/mol. The van der Waals surface area contributed by atoms with Gasteiger partial charge in [0.1, 0.15) is 17.7 Å². The number of carbonyl (C=O) groups is 5. The van der Waals surface area contributed by atoms with Crippen molar-refractivity contribution in [3.8, 4) is 0 Å². The number of carbonyl (C=O) groups excluding carboxylic acids is 5. The molecule has 2 unspecified atom stereocenters. The van der Waals surface area contributed by atoms with E-state index in [0.29, 0.717) is 31.8 Å². The molecule has 4 fully saturated rings. The largest absolute Gasteiger partial charge is 0.444 e. The number of alkyl carbamates (subject to hydrolysis) is 1. The second kappa shape index (κ2) is 12.8. The van der Waals surface area contributed by atoms with E-state index < -0.39 is 47.4 Å². The SMILES string of the molecule is C=CCCNC(=O)C(=O)C(CC1CC1)NC(=O)[C@@H]1[C@@H]2C(CN1C(=O)[C@@H](NC(=O)OC(C)(C)C)C1CCCCC1)C2(C)C. The Bertz CT molecular complexity index is 1070. The number of rotatable bonds is 12. The molecule has 0 spiro atoms. The van der Waals surface area contributed by atoms with E-state index in [1.807, 2.05) is 0 Å². The number of nitrogens with one attached hydrogen (secondary N) is 3. The zero-order valence-electron chi connectivity index (χ0n) is 26.0.